The van der Waals surface area contributed by atoms with E-state index in [1.807, 2.05) is 6.92 Å². The van der Waals surface area contributed by atoms with E-state index in [1.165, 1.54) is 0 Å². The van der Waals surface area contributed by atoms with Crippen LogP contribution >= 0.6 is 0 Å². The number of carboxylic acid groups (broad SMARTS) is 1. The first-order valence-corrected chi connectivity index (χ1v) is 7.42. The van der Waals surface area contributed by atoms with Crippen molar-refractivity contribution in [3.8, 4) is 0 Å². The van der Waals surface area contributed by atoms with Gasteiger partial charge in [-0.25, -0.2) is 8.42 Å². The topological polar surface area (TPSA) is 71.4 Å². The lowest BCUT2D eigenvalue weighted by Gasteiger charge is -2.24. The third-order valence-corrected chi connectivity index (χ3v) is 5.54. The Kier molecular flexibility index (Phi) is 2.77. The number of rotatable bonds is 2. The van der Waals surface area contributed by atoms with E-state index in [1.54, 1.807) is 32.0 Å². The number of aliphatic carboxylic acids is 1. The summed E-state index contributed by atoms with van der Waals surface area (Å²) in [6, 6.07) is 4.90. The molecule has 1 aromatic rings. The van der Waals surface area contributed by atoms with E-state index in [9.17, 15) is 18.3 Å². The molecule has 1 aliphatic heterocycles. The average molecular weight is 268 g/mol. The van der Waals surface area contributed by atoms with Gasteiger partial charge in [-0.05, 0) is 37.0 Å². The van der Waals surface area contributed by atoms with Crippen LogP contribution in [0.1, 0.15) is 37.8 Å². The Bertz CT molecular complexity index is 614. The molecule has 0 amide bonds. The SMILES string of the molecule is CC1CS(=O)(=O)c2cccc(C(C)(C)C(=O)O)c21. The predicted molar refractivity (Wildman–Crippen MR) is 67.6 cm³/mol. The van der Waals surface area contributed by atoms with Gasteiger partial charge in [0.05, 0.1) is 16.1 Å². The summed E-state index contributed by atoms with van der Waals surface area (Å²) in [6.45, 7) is 5.02. The molecule has 0 saturated heterocycles. The maximum Gasteiger partial charge on any atom is 0.313 e. The molecule has 1 aromatic carbocycles. The highest BCUT2D eigenvalue weighted by molar-refractivity contribution is 7.91. The zero-order chi connectivity index (χ0) is 13.7. The molecule has 5 heteroatoms. The highest BCUT2D eigenvalue weighted by Crippen LogP contribution is 2.41. The summed E-state index contributed by atoms with van der Waals surface area (Å²) < 4.78 is 23.9. The quantitative estimate of drug-likeness (QED) is 0.889. The van der Waals surface area contributed by atoms with E-state index in [2.05, 4.69) is 0 Å². The Morgan fingerprint density at radius 2 is 2.00 bits per heavy atom. The predicted octanol–water partition coefficient (Wildman–Crippen LogP) is 1.94. The van der Waals surface area contributed by atoms with Crippen LogP contribution in [0.2, 0.25) is 0 Å². The minimum Gasteiger partial charge on any atom is -0.481 e. The number of carbonyl (C=O) groups is 1. The van der Waals surface area contributed by atoms with Crippen LogP contribution in [-0.2, 0) is 20.0 Å². The van der Waals surface area contributed by atoms with Crippen LogP contribution in [0, 0.1) is 0 Å². The Morgan fingerprint density at radius 1 is 1.39 bits per heavy atom. The molecule has 2 rings (SSSR count). The summed E-state index contributed by atoms with van der Waals surface area (Å²) in [4.78, 5) is 11.6. The molecule has 18 heavy (non-hydrogen) atoms. The zero-order valence-corrected chi connectivity index (χ0v) is 11.4. The van der Waals surface area contributed by atoms with Crippen molar-refractivity contribution >= 4 is 15.8 Å². The molecule has 98 valence electrons. The molecule has 0 aliphatic carbocycles. The van der Waals surface area contributed by atoms with E-state index in [4.69, 9.17) is 0 Å². The molecule has 1 aliphatic rings. The summed E-state index contributed by atoms with van der Waals surface area (Å²) in [7, 11) is -3.26. The Hall–Kier alpha value is -1.36. The Balaban J connectivity index is 2.76. The van der Waals surface area contributed by atoms with Crippen molar-refractivity contribution in [2.75, 3.05) is 5.75 Å². The van der Waals surface area contributed by atoms with E-state index in [0.29, 0.717) is 16.0 Å². The van der Waals surface area contributed by atoms with Crippen LogP contribution in [0.15, 0.2) is 23.1 Å². The van der Waals surface area contributed by atoms with Crippen molar-refractivity contribution in [3.63, 3.8) is 0 Å². The second-order valence-electron chi connectivity index (χ2n) is 5.33. The van der Waals surface area contributed by atoms with Gasteiger partial charge in [0, 0.05) is 0 Å². The second-order valence-corrected chi connectivity index (χ2v) is 7.33. The standard InChI is InChI=1S/C13H16O4S/c1-8-7-18(16,17)10-6-4-5-9(11(8)10)13(2,3)12(14)15/h4-6,8H,7H2,1-3H3,(H,14,15). The number of carboxylic acids is 1. The van der Waals surface area contributed by atoms with Crippen molar-refractivity contribution in [2.24, 2.45) is 0 Å². The number of fused-ring (bicyclic) bond motifs is 1. The van der Waals surface area contributed by atoms with Gasteiger partial charge in [0.2, 0.25) is 0 Å². The molecular formula is C13H16O4S. The number of hydrogen-bond acceptors (Lipinski definition) is 3. The van der Waals surface area contributed by atoms with Gasteiger partial charge in [-0.2, -0.15) is 0 Å². The molecule has 4 nitrogen and oxygen atoms in total. The van der Waals surface area contributed by atoms with Gasteiger partial charge in [0.1, 0.15) is 0 Å². The summed E-state index contributed by atoms with van der Waals surface area (Å²) in [5.41, 5.74) is 0.186. The third-order valence-electron chi connectivity index (χ3n) is 3.57. The average Bonchev–Trinajstić information content (AvgIpc) is 2.49. The van der Waals surface area contributed by atoms with Crippen LogP contribution < -0.4 is 0 Å². The van der Waals surface area contributed by atoms with E-state index in [0.717, 1.165) is 0 Å². The molecule has 0 saturated carbocycles. The van der Waals surface area contributed by atoms with Crippen LogP contribution in [-0.4, -0.2) is 25.2 Å². The van der Waals surface area contributed by atoms with E-state index < -0.39 is 21.2 Å². The molecule has 0 spiro atoms. The van der Waals surface area contributed by atoms with Crippen LogP contribution in [0.4, 0.5) is 0 Å². The monoisotopic (exact) mass is 268 g/mol. The van der Waals surface area contributed by atoms with Crippen LogP contribution in [0.25, 0.3) is 0 Å². The Morgan fingerprint density at radius 3 is 2.56 bits per heavy atom. The fraction of sp³-hybridized carbons (Fsp3) is 0.462. The zero-order valence-electron chi connectivity index (χ0n) is 10.6. The molecule has 0 fully saturated rings. The lowest BCUT2D eigenvalue weighted by Crippen LogP contribution is -2.30. The van der Waals surface area contributed by atoms with E-state index >= 15 is 0 Å². The van der Waals surface area contributed by atoms with Crippen LogP contribution in [0.3, 0.4) is 0 Å². The normalized spacial score (nSPS) is 21.6. The second kappa shape index (κ2) is 3.82. The first kappa shape index (κ1) is 13.1. The van der Waals surface area contributed by atoms with Gasteiger partial charge in [-0.15, -0.1) is 0 Å². The van der Waals surface area contributed by atoms with Gasteiger partial charge < -0.3 is 5.11 Å². The number of sulfone groups is 1. The smallest absolute Gasteiger partial charge is 0.313 e. The lowest BCUT2D eigenvalue weighted by atomic mass is 9.79. The molecule has 1 N–H and O–H groups in total. The van der Waals surface area contributed by atoms with Crippen molar-refractivity contribution in [1.29, 1.82) is 0 Å². The van der Waals surface area contributed by atoms with Crippen molar-refractivity contribution in [1.82, 2.24) is 0 Å². The molecule has 0 radical (unpaired) electrons. The number of hydrogen-bond donors (Lipinski definition) is 1. The van der Waals surface area contributed by atoms with Crippen molar-refractivity contribution in [3.05, 3.63) is 29.3 Å². The van der Waals surface area contributed by atoms with Gasteiger partial charge in [-0.3, -0.25) is 4.79 Å². The molecule has 1 atom stereocenters. The highest BCUT2D eigenvalue weighted by atomic mass is 32.2. The minimum atomic E-state index is -3.26. The third kappa shape index (κ3) is 1.73. The highest BCUT2D eigenvalue weighted by Gasteiger charge is 2.40. The Labute approximate surface area is 107 Å². The largest absolute Gasteiger partial charge is 0.481 e. The molecule has 0 aromatic heterocycles. The van der Waals surface area contributed by atoms with Gasteiger partial charge >= 0.3 is 5.97 Å². The molecule has 0 bridgehead atoms. The van der Waals surface area contributed by atoms with Gasteiger partial charge in [0.25, 0.3) is 0 Å². The van der Waals surface area contributed by atoms with E-state index in [-0.39, 0.29) is 11.7 Å². The van der Waals surface area contributed by atoms with Crippen molar-refractivity contribution in [2.45, 2.75) is 37.0 Å². The summed E-state index contributed by atoms with van der Waals surface area (Å²) >= 11 is 0. The molecule has 1 unspecified atom stereocenters. The molecule has 1 heterocycles. The fourth-order valence-corrected chi connectivity index (χ4v) is 4.42. The summed E-state index contributed by atoms with van der Waals surface area (Å²) in [6.07, 6.45) is 0. The minimum absolute atomic E-state index is 0.0645. The maximum atomic E-state index is 12.0. The van der Waals surface area contributed by atoms with Gasteiger partial charge in [-0.1, -0.05) is 19.1 Å². The van der Waals surface area contributed by atoms with Crippen molar-refractivity contribution < 1.29 is 18.3 Å². The fourth-order valence-electron chi connectivity index (χ4n) is 2.49. The first-order valence-electron chi connectivity index (χ1n) is 5.77. The summed E-state index contributed by atoms with van der Waals surface area (Å²) in [5.74, 6) is -1.04. The van der Waals surface area contributed by atoms with Crippen LogP contribution in [0.5, 0.6) is 0 Å². The first-order chi connectivity index (χ1) is 8.18. The maximum absolute atomic E-state index is 12.0. The lowest BCUT2D eigenvalue weighted by molar-refractivity contribution is -0.142. The van der Waals surface area contributed by atoms with Gasteiger partial charge in [0.15, 0.2) is 9.84 Å². The molecular weight excluding hydrogens is 252 g/mol. The summed E-state index contributed by atoms with van der Waals surface area (Å²) in [5, 5.41) is 9.29. The number of benzene rings is 1.